The van der Waals surface area contributed by atoms with Crippen LogP contribution in [0.25, 0.3) is 21.5 Å². The smallest absolute Gasteiger partial charge is 0.256 e. The maximum atomic E-state index is 12.5. The van der Waals surface area contributed by atoms with Crippen LogP contribution in [0.3, 0.4) is 0 Å². The van der Waals surface area contributed by atoms with Gasteiger partial charge in [-0.15, -0.1) is 11.3 Å². The van der Waals surface area contributed by atoms with Crippen LogP contribution in [0.5, 0.6) is 0 Å². The Bertz CT molecular complexity index is 1030. The monoisotopic (exact) mass is 336 g/mol. The molecule has 4 aromatic rings. The van der Waals surface area contributed by atoms with Gasteiger partial charge < -0.3 is 10.3 Å². The van der Waals surface area contributed by atoms with E-state index in [1.807, 2.05) is 48.7 Å². The summed E-state index contributed by atoms with van der Waals surface area (Å²) in [5.41, 5.74) is 4.84. The van der Waals surface area contributed by atoms with Gasteiger partial charge in [-0.1, -0.05) is 6.07 Å². The fraction of sp³-hybridized carbons (Fsp3) is 0.111. The van der Waals surface area contributed by atoms with Crippen LogP contribution >= 0.6 is 11.3 Å². The van der Waals surface area contributed by atoms with Gasteiger partial charge in [0.15, 0.2) is 5.82 Å². The Balaban J connectivity index is 1.59. The number of nitrogens with one attached hydrogen (secondary N) is 3. The molecule has 4 rings (SSSR count). The van der Waals surface area contributed by atoms with E-state index in [0.717, 1.165) is 27.2 Å². The molecule has 6 heteroatoms. The molecule has 3 N–H and O–H groups in total. The van der Waals surface area contributed by atoms with E-state index in [4.69, 9.17) is 0 Å². The Hall–Kier alpha value is -2.86. The molecule has 3 heterocycles. The lowest BCUT2D eigenvalue weighted by molar-refractivity contribution is 0.102. The second kappa shape index (κ2) is 5.65. The number of benzene rings is 1. The van der Waals surface area contributed by atoms with Gasteiger partial charge in [-0.2, -0.15) is 5.10 Å². The van der Waals surface area contributed by atoms with Crippen molar-refractivity contribution < 1.29 is 4.79 Å². The maximum Gasteiger partial charge on any atom is 0.256 e. The summed E-state index contributed by atoms with van der Waals surface area (Å²) in [6.45, 7) is 4.09. The van der Waals surface area contributed by atoms with Gasteiger partial charge in [-0.3, -0.25) is 9.89 Å². The van der Waals surface area contributed by atoms with Gasteiger partial charge in [0.25, 0.3) is 5.91 Å². The quantitative estimate of drug-likeness (QED) is 0.516. The fourth-order valence-electron chi connectivity index (χ4n) is 2.73. The van der Waals surface area contributed by atoms with Gasteiger partial charge in [0.2, 0.25) is 0 Å². The van der Waals surface area contributed by atoms with Crippen molar-refractivity contribution in [1.29, 1.82) is 0 Å². The normalized spacial score (nSPS) is 11.1. The SMILES string of the molecule is Cc1[nH]c2ccc(C(=O)Nc3cc(-c4cccs4)[nH]n3)cc2c1C. The topological polar surface area (TPSA) is 73.6 Å². The van der Waals surface area contributed by atoms with E-state index < -0.39 is 0 Å². The fourth-order valence-corrected chi connectivity index (χ4v) is 3.43. The number of aromatic amines is 2. The lowest BCUT2D eigenvalue weighted by Gasteiger charge is -2.02. The van der Waals surface area contributed by atoms with Crippen molar-refractivity contribution >= 4 is 34.0 Å². The first kappa shape index (κ1) is 14.7. The van der Waals surface area contributed by atoms with Crippen LogP contribution in [0, 0.1) is 13.8 Å². The van der Waals surface area contributed by atoms with Gasteiger partial charge in [0.1, 0.15) is 0 Å². The Morgan fingerprint density at radius 1 is 1.21 bits per heavy atom. The van der Waals surface area contributed by atoms with Gasteiger partial charge in [0, 0.05) is 28.2 Å². The minimum atomic E-state index is -0.167. The van der Waals surface area contributed by atoms with Crippen molar-refractivity contribution in [3.8, 4) is 10.6 Å². The first-order chi connectivity index (χ1) is 11.6. The van der Waals surface area contributed by atoms with Crippen molar-refractivity contribution in [1.82, 2.24) is 15.2 Å². The predicted molar refractivity (Wildman–Crippen MR) is 97.6 cm³/mol. The van der Waals surface area contributed by atoms with E-state index in [0.29, 0.717) is 11.4 Å². The van der Waals surface area contributed by atoms with Crippen molar-refractivity contribution in [3.05, 3.63) is 58.6 Å². The number of H-pyrrole nitrogens is 2. The minimum Gasteiger partial charge on any atom is -0.358 e. The third kappa shape index (κ3) is 2.51. The second-order valence-electron chi connectivity index (χ2n) is 5.73. The van der Waals surface area contributed by atoms with Crippen LogP contribution in [0.4, 0.5) is 5.82 Å². The Morgan fingerprint density at radius 3 is 2.88 bits per heavy atom. The highest BCUT2D eigenvalue weighted by Crippen LogP contribution is 2.25. The van der Waals surface area contributed by atoms with Crippen molar-refractivity contribution in [2.45, 2.75) is 13.8 Å². The zero-order valence-electron chi connectivity index (χ0n) is 13.3. The summed E-state index contributed by atoms with van der Waals surface area (Å²) in [7, 11) is 0. The molecule has 0 saturated carbocycles. The molecule has 5 nitrogen and oxygen atoms in total. The molecule has 0 bridgehead atoms. The van der Waals surface area contributed by atoms with Crippen LogP contribution in [-0.4, -0.2) is 21.1 Å². The van der Waals surface area contributed by atoms with Crippen molar-refractivity contribution in [3.63, 3.8) is 0 Å². The van der Waals surface area contributed by atoms with Crippen LogP contribution < -0.4 is 5.32 Å². The molecule has 0 aliphatic carbocycles. The van der Waals surface area contributed by atoms with E-state index in [1.165, 1.54) is 5.56 Å². The molecule has 0 radical (unpaired) electrons. The third-order valence-corrected chi connectivity index (χ3v) is 5.08. The number of aryl methyl sites for hydroxylation is 2. The molecule has 1 aromatic carbocycles. The zero-order chi connectivity index (χ0) is 16.7. The molecular weight excluding hydrogens is 320 g/mol. The van der Waals surface area contributed by atoms with Crippen LogP contribution in [0.1, 0.15) is 21.6 Å². The van der Waals surface area contributed by atoms with Gasteiger partial charge >= 0.3 is 0 Å². The molecule has 0 unspecified atom stereocenters. The first-order valence-electron chi connectivity index (χ1n) is 7.61. The molecule has 0 aliphatic heterocycles. The average Bonchev–Trinajstić information content (AvgIpc) is 3.29. The number of rotatable bonds is 3. The summed E-state index contributed by atoms with van der Waals surface area (Å²) in [5, 5.41) is 13.0. The van der Waals surface area contributed by atoms with E-state index in [9.17, 15) is 4.79 Å². The van der Waals surface area contributed by atoms with Gasteiger partial charge in [-0.25, -0.2) is 0 Å². The van der Waals surface area contributed by atoms with Crippen LogP contribution in [0.15, 0.2) is 41.8 Å². The highest BCUT2D eigenvalue weighted by atomic mass is 32.1. The molecule has 3 aromatic heterocycles. The van der Waals surface area contributed by atoms with E-state index in [-0.39, 0.29) is 5.91 Å². The molecule has 0 fully saturated rings. The van der Waals surface area contributed by atoms with Crippen molar-refractivity contribution in [2.75, 3.05) is 5.32 Å². The lowest BCUT2D eigenvalue weighted by atomic mass is 10.1. The van der Waals surface area contributed by atoms with Gasteiger partial charge in [-0.05, 0) is 49.1 Å². The summed E-state index contributed by atoms with van der Waals surface area (Å²) in [6.07, 6.45) is 0. The molecule has 24 heavy (non-hydrogen) atoms. The van der Waals surface area contributed by atoms with Gasteiger partial charge in [0.05, 0.1) is 10.6 Å². The molecule has 0 atom stereocenters. The number of amides is 1. The molecule has 0 spiro atoms. The largest absolute Gasteiger partial charge is 0.358 e. The highest BCUT2D eigenvalue weighted by Gasteiger charge is 2.12. The molecule has 120 valence electrons. The molecule has 0 aliphatic rings. The third-order valence-electron chi connectivity index (χ3n) is 4.18. The summed E-state index contributed by atoms with van der Waals surface area (Å²) in [6, 6.07) is 11.5. The number of aromatic nitrogens is 3. The number of carbonyl (C=O) groups is 1. The van der Waals surface area contributed by atoms with Crippen LogP contribution in [-0.2, 0) is 0 Å². The molecular formula is C18H16N4OS. The lowest BCUT2D eigenvalue weighted by Crippen LogP contribution is -2.12. The first-order valence-corrected chi connectivity index (χ1v) is 8.49. The highest BCUT2D eigenvalue weighted by molar-refractivity contribution is 7.13. The Morgan fingerprint density at radius 2 is 2.08 bits per heavy atom. The second-order valence-corrected chi connectivity index (χ2v) is 6.68. The Labute approximate surface area is 142 Å². The minimum absolute atomic E-state index is 0.167. The molecule has 0 saturated heterocycles. The van der Waals surface area contributed by atoms with Crippen molar-refractivity contribution in [2.24, 2.45) is 0 Å². The average molecular weight is 336 g/mol. The Kier molecular flexibility index (Phi) is 3.46. The van der Waals surface area contributed by atoms with E-state index in [2.05, 4.69) is 27.4 Å². The number of nitrogens with zero attached hydrogens (tertiary/aromatic N) is 1. The number of carbonyl (C=O) groups excluding carboxylic acids is 1. The standard InChI is InChI=1S/C18H16N4OS/c1-10-11(2)19-14-6-5-12(8-13(10)14)18(23)20-17-9-15(21-22-17)16-4-3-7-24-16/h3-9,19H,1-2H3,(H2,20,21,22,23). The summed E-state index contributed by atoms with van der Waals surface area (Å²) >= 11 is 1.62. The number of hydrogen-bond donors (Lipinski definition) is 3. The summed E-state index contributed by atoms with van der Waals surface area (Å²) < 4.78 is 0. The van der Waals surface area contributed by atoms with E-state index >= 15 is 0 Å². The number of anilines is 1. The van der Waals surface area contributed by atoms with Crippen LogP contribution in [0.2, 0.25) is 0 Å². The van der Waals surface area contributed by atoms with E-state index in [1.54, 1.807) is 11.3 Å². The number of thiophene rings is 1. The zero-order valence-corrected chi connectivity index (χ0v) is 14.1. The number of fused-ring (bicyclic) bond motifs is 1. The summed E-state index contributed by atoms with van der Waals surface area (Å²) in [4.78, 5) is 16.9. The maximum absolute atomic E-state index is 12.5. The summed E-state index contributed by atoms with van der Waals surface area (Å²) in [5.74, 6) is 0.352. The molecule has 1 amide bonds. The predicted octanol–water partition coefficient (Wildman–Crippen LogP) is 4.49. The number of hydrogen-bond acceptors (Lipinski definition) is 3.